The molecule has 3 aromatic rings. The van der Waals surface area contributed by atoms with E-state index in [9.17, 15) is 28.2 Å². The average Bonchev–Trinajstić information content (AvgIpc) is 3.62. The third-order valence-electron chi connectivity index (χ3n) is 7.69. The molecule has 5 rings (SSSR count). The van der Waals surface area contributed by atoms with E-state index in [1.807, 2.05) is 6.07 Å². The van der Waals surface area contributed by atoms with Gasteiger partial charge in [0.15, 0.2) is 17.5 Å². The van der Waals surface area contributed by atoms with Gasteiger partial charge in [0.05, 0.1) is 24.6 Å². The summed E-state index contributed by atoms with van der Waals surface area (Å²) in [5, 5.41) is 33.0. The number of methoxy groups -OCH3 is 1. The fourth-order valence-electron chi connectivity index (χ4n) is 5.50. The highest BCUT2D eigenvalue weighted by molar-refractivity contribution is 5.73. The van der Waals surface area contributed by atoms with Gasteiger partial charge in [0.1, 0.15) is 35.8 Å². The van der Waals surface area contributed by atoms with Crippen LogP contribution in [0.3, 0.4) is 0 Å². The molecule has 0 bridgehead atoms. The highest BCUT2D eigenvalue weighted by atomic mass is 19.2. The number of piperidine rings is 1. The molecule has 0 radical (unpaired) electrons. The molecule has 2 saturated heterocycles. The predicted molar refractivity (Wildman–Crippen MR) is 131 cm³/mol. The number of hydrogen-bond donors (Lipinski definition) is 2. The van der Waals surface area contributed by atoms with E-state index in [1.165, 1.54) is 18.0 Å². The van der Waals surface area contributed by atoms with Crippen molar-refractivity contribution >= 4 is 5.91 Å². The maximum atomic E-state index is 14.4. The first-order chi connectivity index (χ1) is 19.2. The Morgan fingerprint density at radius 3 is 2.60 bits per heavy atom. The molecule has 0 unspecified atom stereocenters. The molecule has 1 aromatic carbocycles. The predicted octanol–water partition coefficient (Wildman–Crippen LogP) is 2.00. The van der Waals surface area contributed by atoms with Gasteiger partial charge < -0.3 is 29.1 Å². The minimum absolute atomic E-state index is 0.0430. The van der Waals surface area contributed by atoms with Gasteiger partial charge in [0, 0.05) is 51.1 Å². The van der Waals surface area contributed by atoms with Gasteiger partial charge in [-0.2, -0.15) is 0 Å². The summed E-state index contributed by atoms with van der Waals surface area (Å²) in [7, 11) is 1.42. The first kappa shape index (κ1) is 28.2. The Kier molecular flexibility index (Phi) is 8.21. The summed E-state index contributed by atoms with van der Waals surface area (Å²) in [6.07, 6.45) is -0.833. The monoisotopic (exact) mass is 565 g/mol. The molecular formula is C26H30F3N5O6. The minimum atomic E-state index is -1.63. The zero-order valence-corrected chi connectivity index (χ0v) is 21.9. The lowest BCUT2D eigenvalue weighted by Crippen LogP contribution is -2.57. The molecule has 2 aromatic heterocycles. The van der Waals surface area contributed by atoms with Crippen molar-refractivity contribution in [2.45, 2.75) is 62.6 Å². The summed E-state index contributed by atoms with van der Waals surface area (Å²) in [5.41, 5.74) is 0.185. The van der Waals surface area contributed by atoms with Gasteiger partial charge in [-0.3, -0.25) is 4.79 Å². The van der Waals surface area contributed by atoms with E-state index in [0.717, 1.165) is 25.0 Å². The van der Waals surface area contributed by atoms with Crippen molar-refractivity contribution in [3.63, 3.8) is 0 Å². The van der Waals surface area contributed by atoms with E-state index in [1.54, 1.807) is 11.8 Å². The zero-order valence-electron chi connectivity index (χ0n) is 21.9. The summed E-state index contributed by atoms with van der Waals surface area (Å²) >= 11 is 0. The van der Waals surface area contributed by atoms with Gasteiger partial charge in [-0.15, -0.1) is 5.10 Å². The van der Waals surface area contributed by atoms with Crippen LogP contribution < -0.4 is 0 Å². The fraction of sp³-hybridized carbons (Fsp3) is 0.538. The summed E-state index contributed by atoms with van der Waals surface area (Å²) < 4.78 is 60.1. The van der Waals surface area contributed by atoms with E-state index >= 15 is 0 Å². The Bertz CT molecular complexity index is 1340. The van der Waals surface area contributed by atoms with Crippen LogP contribution in [-0.2, 0) is 20.7 Å². The molecule has 0 spiro atoms. The SMILES string of the molecule is CO[C@@H]1[C@@H](n2cc(-c3ccc(F)c(F)c3F)nn2)[C@@H](O)[C@@H](CO)O[C@@H]1Cc1cc(C2CCN(C(C)=O)CC2)on1. The first-order valence-electron chi connectivity index (χ1n) is 13.0. The number of aromatic nitrogens is 4. The van der Waals surface area contributed by atoms with Crippen LogP contribution in [0.1, 0.15) is 43.2 Å². The molecule has 0 saturated carbocycles. The minimum Gasteiger partial charge on any atom is -0.394 e. The number of rotatable bonds is 7. The topological polar surface area (TPSA) is 136 Å². The molecule has 40 heavy (non-hydrogen) atoms. The number of amides is 1. The Morgan fingerprint density at radius 1 is 1.18 bits per heavy atom. The Labute approximate surface area is 227 Å². The van der Waals surface area contributed by atoms with Crippen molar-refractivity contribution < 1.29 is 42.2 Å². The number of hydrogen-bond acceptors (Lipinski definition) is 9. The van der Waals surface area contributed by atoms with E-state index in [2.05, 4.69) is 15.5 Å². The van der Waals surface area contributed by atoms with Crippen LogP contribution in [0.15, 0.2) is 28.9 Å². The number of ether oxygens (including phenoxy) is 2. The van der Waals surface area contributed by atoms with Crippen molar-refractivity contribution in [1.29, 1.82) is 0 Å². The van der Waals surface area contributed by atoms with Crippen molar-refractivity contribution in [2.75, 3.05) is 26.8 Å². The van der Waals surface area contributed by atoms with Gasteiger partial charge in [0.25, 0.3) is 0 Å². The van der Waals surface area contributed by atoms with Crippen molar-refractivity contribution in [3.05, 3.63) is 53.3 Å². The summed E-state index contributed by atoms with van der Waals surface area (Å²) in [6.45, 7) is 2.32. The van der Waals surface area contributed by atoms with E-state index in [4.69, 9.17) is 14.0 Å². The van der Waals surface area contributed by atoms with E-state index in [-0.39, 0.29) is 29.5 Å². The van der Waals surface area contributed by atoms with Crippen LogP contribution in [0.4, 0.5) is 13.2 Å². The molecule has 14 heteroatoms. The first-order valence-corrected chi connectivity index (χ1v) is 13.0. The largest absolute Gasteiger partial charge is 0.394 e. The summed E-state index contributed by atoms with van der Waals surface area (Å²) in [6, 6.07) is 2.72. The molecule has 2 N–H and O–H groups in total. The van der Waals surface area contributed by atoms with Crippen LogP contribution in [0, 0.1) is 17.5 Å². The van der Waals surface area contributed by atoms with Crippen LogP contribution >= 0.6 is 0 Å². The molecule has 0 aliphatic carbocycles. The van der Waals surface area contributed by atoms with Crippen molar-refractivity contribution in [1.82, 2.24) is 25.1 Å². The number of likely N-dealkylation sites (tertiary alicyclic amines) is 1. The molecule has 11 nitrogen and oxygen atoms in total. The lowest BCUT2D eigenvalue weighted by molar-refractivity contribution is -0.212. The van der Waals surface area contributed by atoms with Crippen LogP contribution in [0.5, 0.6) is 0 Å². The number of nitrogens with zero attached hydrogens (tertiary/aromatic N) is 5. The Balaban J connectivity index is 1.36. The maximum absolute atomic E-state index is 14.4. The second-order valence-corrected chi connectivity index (χ2v) is 10.1. The van der Waals surface area contributed by atoms with Crippen molar-refractivity contribution in [2.24, 2.45) is 0 Å². The standard InChI is InChI=1S/C26H30F3N5O6/c1-13(36)33-7-5-14(6-8-33)19-9-15(31-40-19)10-20-26(38-2)24(25(37)21(12-35)39-20)34-11-18(30-32-34)16-3-4-17(27)23(29)22(16)28/h3-4,9,11,14,20-21,24-26,35,37H,5-8,10,12H2,1-2H3/t20-,21-,24+,25+,26+/m1/s1. The fourth-order valence-corrected chi connectivity index (χ4v) is 5.50. The highest BCUT2D eigenvalue weighted by Crippen LogP contribution is 2.35. The smallest absolute Gasteiger partial charge is 0.219 e. The molecule has 2 fully saturated rings. The normalized spacial score (nSPS) is 25.9. The van der Waals surface area contributed by atoms with E-state index in [0.29, 0.717) is 24.5 Å². The number of carbonyl (C=O) groups excluding carboxylic acids is 1. The quantitative estimate of drug-likeness (QED) is 0.412. The van der Waals surface area contributed by atoms with Gasteiger partial charge >= 0.3 is 0 Å². The third-order valence-corrected chi connectivity index (χ3v) is 7.69. The molecule has 5 atom stereocenters. The van der Waals surface area contributed by atoms with Crippen LogP contribution in [0.2, 0.25) is 0 Å². The van der Waals surface area contributed by atoms with Gasteiger partial charge in [-0.05, 0) is 25.0 Å². The average molecular weight is 566 g/mol. The summed E-state index contributed by atoms with van der Waals surface area (Å²) in [4.78, 5) is 13.4. The number of aliphatic hydroxyl groups is 2. The van der Waals surface area contributed by atoms with Gasteiger partial charge in [-0.25, -0.2) is 17.9 Å². The Morgan fingerprint density at radius 2 is 1.93 bits per heavy atom. The molecular weight excluding hydrogens is 535 g/mol. The molecule has 4 heterocycles. The van der Waals surface area contributed by atoms with E-state index < -0.39 is 54.5 Å². The van der Waals surface area contributed by atoms with Gasteiger partial charge in [0.2, 0.25) is 5.91 Å². The van der Waals surface area contributed by atoms with Crippen LogP contribution in [-0.4, -0.2) is 92.4 Å². The number of halogens is 3. The number of benzene rings is 1. The third kappa shape index (κ3) is 5.36. The van der Waals surface area contributed by atoms with Crippen molar-refractivity contribution in [3.8, 4) is 11.3 Å². The Hall–Kier alpha value is -3.33. The van der Waals surface area contributed by atoms with Crippen LogP contribution in [0.25, 0.3) is 11.3 Å². The second kappa shape index (κ2) is 11.6. The maximum Gasteiger partial charge on any atom is 0.219 e. The highest BCUT2D eigenvalue weighted by Gasteiger charge is 2.47. The van der Waals surface area contributed by atoms with Gasteiger partial charge in [-0.1, -0.05) is 10.4 Å². The molecule has 216 valence electrons. The lowest BCUT2D eigenvalue weighted by Gasteiger charge is -2.43. The lowest BCUT2D eigenvalue weighted by atomic mass is 9.89. The molecule has 2 aliphatic heterocycles. The molecule has 1 amide bonds. The number of aliphatic hydroxyl groups excluding tert-OH is 2. The molecule has 2 aliphatic rings. The second-order valence-electron chi connectivity index (χ2n) is 10.1. The zero-order chi connectivity index (χ0) is 28.6. The summed E-state index contributed by atoms with van der Waals surface area (Å²) in [5.74, 6) is -3.52. The number of carbonyl (C=O) groups is 1.